The molecule has 0 spiro atoms. The van der Waals surface area contributed by atoms with E-state index in [2.05, 4.69) is 31.6 Å². The number of nitrogens with zero attached hydrogens (tertiary/aromatic N) is 3. The predicted octanol–water partition coefficient (Wildman–Crippen LogP) is 0.641. The Kier molecular flexibility index (Phi) is 2.61. The van der Waals surface area contributed by atoms with Gasteiger partial charge in [-0.1, -0.05) is 0 Å². The molecule has 0 saturated heterocycles. The summed E-state index contributed by atoms with van der Waals surface area (Å²) in [7, 11) is -4.42. The van der Waals surface area contributed by atoms with E-state index in [0.717, 1.165) is 0 Å². The summed E-state index contributed by atoms with van der Waals surface area (Å²) in [4.78, 5) is -0.438. The first-order chi connectivity index (χ1) is 6.91. The topological polar surface area (TPSA) is 85.1 Å². The van der Waals surface area contributed by atoms with E-state index in [0.29, 0.717) is 5.52 Å². The first-order valence-corrected chi connectivity index (χ1v) is 6.03. The molecule has 9 heteroatoms. The summed E-state index contributed by atoms with van der Waals surface area (Å²) in [5.41, 5.74) is 0.409. The number of fused-ring (bicyclic) bond motifs is 1. The maximum atomic E-state index is 11.1. The maximum absolute atomic E-state index is 11.1. The van der Waals surface area contributed by atoms with Crippen LogP contribution in [0.3, 0.4) is 0 Å². The van der Waals surface area contributed by atoms with E-state index in [1.165, 1.54) is 15.2 Å². The number of rotatable bonds is 1. The van der Waals surface area contributed by atoms with Crippen LogP contribution in [0.4, 0.5) is 0 Å². The molecule has 0 radical (unpaired) electrons. The van der Waals surface area contributed by atoms with E-state index in [1.54, 1.807) is 0 Å². The Balaban J connectivity index is 3.00. The van der Waals surface area contributed by atoms with Gasteiger partial charge in [-0.25, -0.2) is 0 Å². The van der Waals surface area contributed by atoms with Crippen LogP contribution in [0, 0.1) is 0 Å². The Morgan fingerprint density at radius 3 is 2.73 bits per heavy atom. The van der Waals surface area contributed by atoms with Crippen LogP contribution in [-0.2, 0) is 31.4 Å². The van der Waals surface area contributed by atoms with Crippen LogP contribution in [0.2, 0.25) is 5.02 Å². The van der Waals surface area contributed by atoms with Crippen LogP contribution in [0.15, 0.2) is 17.0 Å². The van der Waals surface area contributed by atoms with Crippen LogP contribution < -0.4 is 0 Å². The molecule has 2 rings (SSSR count). The SMILES string of the molecule is O=S(=O)(O)c1c(Cl)ccc2c1nn[n]2[Ag]. The molecule has 1 aromatic heterocycles. The Bertz CT molecular complexity index is 638. The average Bonchev–Trinajstić information content (AvgIpc) is 2.45. The monoisotopic (exact) mass is 339 g/mol. The zero-order valence-corrected chi connectivity index (χ0v) is 9.90. The van der Waals surface area contributed by atoms with Gasteiger partial charge in [0, 0.05) is 0 Å². The molecule has 6 nitrogen and oxygen atoms in total. The second kappa shape index (κ2) is 3.55. The molecular weight excluding hydrogens is 337 g/mol. The van der Waals surface area contributed by atoms with Crippen molar-refractivity contribution in [3.8, 4) is 0 Å². The van der Waals surface area contributed by atoms with Crippen LogP contribution >= 0.6 is 11.6 Å². The van der Waals surface area contributed by atoms with Gasteiger partial charge in [0.1, 0.15) is 0 Å². The zero-order valence-electron chi connectivity index (χ0n) is 6.85. The van der Waals surface area contributed by atoms with E-state index in [4.69, 9.17) is 16.2 Å². The van der Waals surface area contributed by atoms with Gasteiger partial charge in [-0.15, -0.1) is 0 Å². The summed E-state index contributed by atoms with van der Waals surface area (Å²) < 4.78 is 32.3. The Labute approximate surface area is 102 Å². The van der Waals surface area contributed by atoms with Gasteiger partial charge in [-0.05, 0) is 0 Å². The van der Waals surface area contributed by atoms with Gasteiger partial charge in [-0.3, -0.25) is 0 Å². The molecule has 1 N–H and O–H groups in total. The molecule has 1 aromatic carbocycles. The summed E-state index contributed by atoms with van der Waals surface area (Å²) >= 11 is 8.70. The van der Waals surface area contributed by atoms with Gasteiger partial charge in [-0.2, -0.15) is 0 Å². The van der Waals surface area contributed by atoms with E-state index >= 15 is 0 Å². The fraction of sp³-hybridized carbons (Fsp3) is 0. The number of hydrogen-bond donors (Lipinski definition) is 1. The summed E-state index contributed by atoms with van der Waals surface area (Å²) in [6, 6.07) is 2.87. The standard InChI is InChI=1S/C6H3ClN3O3S.Ag/c7-3-1-2-4-5(9-10-8-4)6(3)14(11,12)13;/h1-2H,(H-,8,9,10,11,12,13);/q-1;+1. The molecule has 0 unspecified atom stereocenters. The van der Waals surface area contributed by atoms with Crippen molar-refractivity contribution in [1.82, 2.24) is 13.4 Å². The van der Waals surface area contributed by atoms with Crippen LogP contribution in [-0.4, -0.2) is 26.4 Å². The van der Waals surface area contributed by atoms with Gasteiger partial charge in [0.05, 0.1) is 0 Å². The summed E-state index contributed by atoms with van der Waals surface area (Å²) in [6.45, 7) is 0. The average molecular weight is 340 g/mol. The second-order valence-electron chi connectivity index (χ2n) is 2.64. The molecule has 0 bridgehead atoms. The van der Waals surface area contributed by atoms with Gasteiger partial charge in [0.25, 0.3) is 0 Å². The van der Waals surface area contributed by atoms with E-state index in [1.807, 2.05) is 0 Å². The fourth-order valence-corrected chi connectivity index (χ4v) is 2.62. The second-order valence-corrected chi connectivity index (χ2v) is 5.03. The van der Waals surface area contributed by atoms with Crippen molar-refractivity contribution in [3.63, 3.8) is 0 Å². The third kappa shape index (κ3) is 1.82. The van der Waals surface area contributed by atoms with Crippen molar-refractivity contribution in [2.45, 2.75) is 4.90 Å². The van der Waals surface area contributed by atoms with Crippen LogP contribution in [0.25, 0.3) is 11.0 Å². The van der Waals surface area contributed by atoms with Crippen molar-refractivity contribution in [2.24, 2.45) is 0 Å². The van der Waals surface area contributed by atoms with E-state index in [9.17, 15) is 8.42 Å². The third-order valence-corrected chi connectivity index (χ3v) is 3.56. The van der Waals surface area contributed by atoms with Crippen molar-refractivity contribution in [3.05, 3.63) is 17.2 Å². The van der Waals surface area contributed by atoms with Gasteiger partial charge in [0.15, 0.2) is 0 Å². The first kappa shape index (κ1) is 11.1. The predicted molar refractivity (Wildman–Crippen MR) is 47.8 cm³/mol. The van der Waals surface area contributed by atoms with Crippen LogP contribution in [0.1, 0.15) is 0 Å². The summed E-state index contributed by atoms with van der Waals surface area (Å²) in [6.07, 6.45) is 0. The van der Waals surface area contributed by atoms with Crippen molar-refractivity contribution in [1.29, 1.82) is 0 Å². The Morgan fingerprint density at radius 2 is 2.13 bits per heavy atom. The van der Waals surface area contributed by atoms with Crippen LogP contribution in [0.5, 0.6) is 0 Å². The van der Waals surface area contributed by atoms with Crippen molar-refractivity contribution >= 4 is 32.8 Å². The molecule has 0 aliphatic carbocycles. The number of aromatic nitrogens is 3. The molecule has 2 aromatic rings. The molecule has 0 aliphatic rings. The quantitative estimate of drug-likeness (QED) is 0.608. The van der Waals surface area contributed by atoms with Crippen molar-refractivity contribution in [2.75, 3.05) is 0 Å². The van der Waals surface area contributed by atoms with Gasteiger partial charge < -0.3 is 0 Å². The third-order valence-electron chi connectivity index (χ3n) is 1.72. The normalized spacial score (nSPS) is 12.3. The molecular formula is C6H3AgClN3O3S. The molecule has 15 heavy (non-hydrogen) atoms. The molecule has 0 atom stereocenters. The molecule has 1 heterocycles. The Hall–Kier alpha value is -0.440. The number of benzene rings is 1. The summed E-state index contributed by atoms with van der Waals surface area (Å²) in [5, 5.41) is 7.05. The minimum atomic E-state index is -4.42. The molecule has 0 saturated carbocycles. The number of halogens is 1. The van der Waals surface area contributed by atoms with Crippen molar-refractivity contribution < 1.29 is 34.3 Å². The summed E-state index contributed by atoms with van der Waals surface area (Å²) in [5.74, 6) is 0. The molecule has 0 amide bonds. The zero-order chi connectivity index (χ0) is 11.2. The molecule has 84 valence electrons. The molecule has 0 fully saturated rings. The van der Waals surface area contributed by atoms with Gasteiger partial charge in [0.2, 0.25) is 0 Å². The minimum absolute atomic E-state index is 0.0150. The van der Waals surface area contributed by atoms with E-state index in [-0.39, 0.29) is 10.5 Å². The van der Waals surface area contributed by atoms with E-state index < -0.39 is 15.0 Å². The molecule has 0 aliphatic heterocycles. The first-order valence-electron chi connectivity index (χ1n) is 3.55. The fourth-order valence-electron chi connectivity index (χ4n) is 1.14. The van der Waals surface area contributed by atoms with Gasteiger partial charge >= 0.3 is 103 Å². The number of hydrogen-bond acceptors (Lipinski definition) is 4. The Morgan fingerprint density at radius 1 is 1.47 bits per heavy atom.